The van der Waals surface area contributed by atoms with Gasteiger partial charge in [-0.05, 0) is 41.8 Å². The fourth-order valence-corrected chi connectivity index (χ4v) is 4.38. The van der Waals surface area contributed by atoms with Crippen molar-refractivity contribution >= 4 is 34.0 Å². The van der Waals surface area contributed by atoms with Gasteiger partial charge in [0.2, 0.25) is 0 Å². The first kappa shape index (κ1) is 26.5. The number of ether oxygens (including phenoxy) is 2. The molecule has 4 aromatic rings. The monoisotopic (exact) mass is 526 g/mol. The molecule has 1 aromatic heterocycles. The molecule has 0 saturated heterocycles. The summed E-state index contributed by atoms with van der Waals surface area (Å²) >= 11 is 6.16. The molecule has 0 aliphatic heterocycles. The number of fused-ring (bicyclic) bond motifs is 1. The number of rotatable bonds is 11. The number of hydrogen-bond acceptors (Lipinski definition) is 6. The molecule has 9 heteroatoms. The van der Waals surface area contributed by atoms with E-state index in [1.165, 1.54) is 25.4 Å². The molecule has 3 aromatic carbocycles. The number of aliphatic hydroxyl groups excluding tert-OH is 2. The van der Waals surface area contributed by atoms with Gasteiger partial charge in [0.25, 0.3) is 0 Å². The lowest BCUT2D eigenvalue weighted by Crippen LogP contribution is -2.23. The summed E-state index contributed by atoms with van der Waals surface area (Å²) in [6.07, 6.45) is 2.33. The minimum absolute atomic E-state index is 0.124. The number of aliphatic hydroxyl groups is 2. The number of benzene rings is 3. The Morgan fingerprint density at radius 3 is 2.54 bits per heavy atom. The highest BCUT2D eigenvalue weighted by Gasteiger charge is 2.27. The maximum Gasteiger partial charge on any atom is 0.191 e. The van der Waals surface area contributed by atoms with Crippen molar-refractivity contribution in [2.24, 2.45) is 0 Å². The van der Waals surface area contributed by atoms with Crippen LogP contribution in [0.25, 0.3) is 10.9 Å². The molecular weight excluding hydrogens is 499 g/mol. The van der Waals surface area contributed by atoms with E-state index in [-0.39, 0.29) is 23.5 Å². The van der Waals surface area contributed by atoms with Crippen LogP contribution in [0.1, 0.15) is 46.4 Å². The topological polar surface area (TPSA) is 104 Å². The van der Waals surface area contributed by atoms with Crippen molar-refractivity contribution in [3.63, 3.8) is 0 Å². The third-order valence-electron chi connectivity index (χ3n) is 6.03. The highest BCUT2D eigenvalue weighted by molar-refractivity contribution is 6.30. The third-order valence-corrected chi connectivity index (χ3v) is 6.27. The van der Waals surface area contributed by atoms with E-state index in [2.05, 4.69) is 10.3 Å². The molecule has 4 N–H and O–H groups in total. The molecule has 0 spiro atoms. The van der Waals surface area contributed by atoms with Crippen LogP contribution in [0.5, 0.6) is 11.5 Å². The summed E-state index contributed by atoms with van der Waals surface area (Å²) in [6.45, 7) is 1.71. The molecule has 194 valence electrons. The van der Waals surface area contributed by atoms with E-state index in [9.17, 15) is 19.4 Å². The standard InChI is InChI=1S/C28H28ClFN2O5/c1-3-6-37-21-10-19(9-20(11-21)36-2)32-27(22-5-4-18(29)7-16(22)14-33)28(35)24-13-31-26-8-17(15-34)25(30)12-23(24)26/h4-5,7-13,27,31-34H,3,6,14-15H2,1-2H3. The van der Waals surface area contributed by atoms with Crippen molar-refractivity contribution in [3.8, 4) is 11.5 Å². The lowest BCUT2D eigenvalue weighted by Gasteiger charge is -2.22. The predicted molar refractivity (Wildman–Crippen MR) is 141 cm³/mol. The Labute approximate surface area is 218 Å². The number of hydrogen-bond donors (Lipinski definition) is 4. The molecule has 37 heavy (non-hydrogen) atoms. The SMILES string of the molecule is CCCOc1cc(NC(C(=O)c2c[nH]c3cc(CO)c(F)cc23)c2ccc(Cl)cc2CO)cc(OC)c1. The first-order valence-electron chi connectivity index (χ1n) is 11.8. The number of carbonyl (C=O) groups is 1. The van der Waals surface area contributed by atoms with E-state index < -0.39 is 18.5 Å². The maximum absolute atomic E-state index is 14.5. The fourth-order valence-electron chi connectivity index (χ4n) is 4.19. The summed E-state index contributed by atoms with van der Waals surface area (Å²) in [7, 11) is 1.54. The van der Waals surface area contributed by atoms with E-state index in [4.69, 9.17) is 21.1 Å². The van der Waals surface area contributed by atoms with E-state index >= 15 is 0 Å². The zero-order valence-electron chi connectivity index (χ0n) is 20.5. The molecule has 1 atom stereocenters. The van der Waals surface area contributed by atoms with Crippen LogP contribution in [0.4, 0.5) is 10.1 Å². The summed E-state index contributed by atoms with van der Waals surface area (Å²) < 4.78 is 25.7. The van der Waals surface area contributed by atoms with Gasteiger partial charge >= 0.3 is 0 Å². The van der Waals surface area contributed by atoms with Gasteiger partial charge in [-0.2, -0.15) is 0 Å². The second-order valence-corrected chi connectivity index (χ2v) is 8.97. The molecule has 1 heterocycles. The molecule has 1 unspecified atom stereocenters. The van der Waals surface area contributed by atoms with E-state index in [1.807, 2.05) is 6.92 Å². The number of anilines is 1. The van der Waals surface area contributed by atoms with Crippen LogP contribution in [0.2, 0.25) is 5.02 Å². The highest BCUT2D eigenvalue weighted by atomic mass is 35.5. The van der Waals surface area contributed by atoms with Crippen LogP contribution in [0.3, 0.4) is 0 Å². The molecule has 4 rings (SSSR count). The number of aromatic nitrogens is 1. The Hall–Kier alpha value is -3.59. The van der Waals surface area contributed by atoms with Crippen LogP contribution in [-0.4, -0.2) is 34.7 Å². The summed E-state index contributed by atoms with van der Waals surface area (Å²) in [5.74, 6) is 0.130. The first-order chi connectivity index (χ1) is 17.9. The number of aromatic amines is 1. The minimum atomic E-state index is -0.967. The Morgan fingerprint density at radius 2 is 1.84 bits per heavy atom. The van der Waals surface area contributed by atoms with E-state index in [0.29, 0.717) is 50.8 Å². The van der Waals surface area contributed by atoms with Crippen LogP contribution < -0.4 is 14.8 Å². The second kappa shape index (κ2) is 11.6. The van der Waals surface area contributed by atoms with Gasteiger partial charge in [0.15, 0.2) is 5.78 Å². The minimum Gasteiger partial charge on any atom is -0.497 e. The third kappa shape index (κ3) is 5.72. The normalized spacial score (nSPS) is 11.9. The molecule has 0 bridgehead atoms. The van der Waals surface area contributed by atoms with Crippen molar-refractivity contribution in [1.82, 2.24) is 4.98 Å². The number of nitrogens with one attached hydrogen (secondary N) is 2. The highest BCUT2D eigenvalue weighted by Crippen LogP contribution is 2.34. The largest absolute Gasteiger partial charge is 0.497 e. The van der Waals surface area contributed by atoms with Gasteiger partial charge in [-0.3, -0.25) is 4.79 Å². The summed E-state index contributed by atoms with van der Waals surface area (Å²) in [4.78, 5) is 17.0. The number of ketones is 1. The molecule has 7 nitrogen and oxygen atoms in total. The van der Waals surface area contributed by atoms with Gasteiger partial charge in [-0.15, -0.1) is 0 Å². The molecule has 0 fully saturated rings. The number of Topliss-reactive ketones (excluding diaryl/α,β-unsaturated/α-hetero) is 1. The van der Waals surface area contributed by atoms with E-state index in [0.717, 1.165) is 6.42 Å². The molecule has 0 radical (unpaired) electrons. The fraction of sp³-hybridized carbons (Fsp3) is 0.250. The molecule has 0 amide bonds. The lowest BCUT2D eigenvalue weighted by molar-refractivity contribution is 0.0970. The van der Waals surface area contributed by atoms with Crippen LogP contribution >= 0.6 is 11.6 Å². The molecule has 0 aliphatic rings. The van der Waals surface area contributed by atoms with Crippen molar-refractivity contribution in [2.45, 2.75) is 32.6 Å². The Kier molecular flexibility index (Phi) is 8.33. The zero-order chi connectivity index (χ0) is 26.5. The second-order valence-electron chi connectivity index (χ2n) is 8.54. The first-order valence-corrected chi connectivity index (χ1v) is 12.2. The van der Waals surface area contributed by atoms with Crippen LogP contribution in [0, 0.1) is 5.82 Å². The number of H-pyrrole nitrogens is 1. The van der Waals surface area contributed by atoms with Gasteiger partial charge in [0.1, 0.15) is 23.4 Å². The summed E-state index contributed by atoms with van der Waals surface area (Å²) in [5.41, 5.74) is 2.42. The lowest BCUT2D eigenvalue weighted by atomic mass is 9.93. The van der Waals surface area contributed by atoms with Crippen molar-refractivity contribution < 1.29 is 28.9 Å². The Bertz CT molecular complexity index is 1420. The average Bonchev–Trinajstić information content (AvgIpc) is 3.32. The smallest absolute Gasteiger partial charge is 0.191 e. The summed E-state index contributed by atoms with van der Waals surface area (Å²) in [6, 6.07) is 11.9. The molecular formula is C28H28ClFN2O5. The quantitative estimate of drug-likeness (QED) is 0.185. The molecule has 0 saturated carbocycles. The van der Waals surface area contributed by atoms with Crippen molar-refractivity contribution in [2.75, 3.05) is 19.0 Å². The van der Waals surface area contributed by atoms with Crippen LogP contribution in [-0.2, 0) is 13.2 Å². The van der Waals surface area contributed by atoms with Gasteiger partial charge in [0, 0.05) is 57.1 Å². The van der Waals surface area contributed by atoms with Gasteiger partial charge in [0.05, 0.1) is 26.9 Å². The average molecular weight is 527 g/mol. The number of methoxy groups -OCH3 is 1. The van der Waals surface area contributed by atoms with Gasteiger partial charge in [-0.1, -0.05) is 24.6 Å². The Balaban J connectivity index is 1.82. The van der Waals surface area contributed by atoms with Crippen molar-refractivity contribution in [3.05, 3.63) is 87.8 Å². The predicted octanol–water partition coefficient (Wildman–Crippen LogP) is 5.78. The van der Waals surface area contributed by atoms with Gasteiger partial charge < -0.3 is 30.0 Å². The molecule has 0 aliphatic carbocycles. The Morgan fingerprint density at radius 1 is 1.08 bits per heavy atom. The van der Waals surface area contributed by atoms with Gasteiger partial charge in [-0.25, -0.2) is 4.39 Å². The number of halogens is 2. The van der Waals surface area contributed by atoms with Crippen LogP contribution in [0.15, 0.2) is 54.7 Å². The summed E-state index contributed by atoms with van der Waals surface area (Å²) in [5, 5.41) is 23.5. The zero-order valence-corrected chi connectivity index (χ0v) is 21.2. The van der Waals surface area contributed by atoms with Crippen molar-refractivity contribution in [1.29, 1.82) is 0 Å². The van der Waals surface area contributed by atoms with E-state index in [1.54, 1.807) is 36.4 Å². The maximum atomic E-state index is 14.5. The number of carbonyl (C=O) groups excluding carboxylic acids is 1.